The third-order valence-electron chi connectivity index (χ3n) is 4.92. The molecule has 0 spiro atoms. The molecule has 4 rings (SSSR count). The average molecular weight is 368 g/mol. The number of nitrogens with zero attached hydrogens (tertiary/aromatic N) is 1. The van der Waals surface area contributed by atoms with Gasteiger partial charge in [0.1, 0.15) is 5.58 Å². The predicted molar refractivity (Wildman–Crippen MR) is 104 cm³/mol. The van der Waals surface area contributed by atoms with Crippen molar-refractivity contribution in [2.75, 3.05) is 31.6 Å². The molecule has 5 nitrogen and oxygen atoms in total. The van der Waals surface area contributed by atoms with Crippen molar-refractivity contribution in [2.45, 2.75) is 13.0 Å². The SMILES string of the molecule is COc1cc(-c2cc3ccc(N4CCNC(C)C4)cc3oc2=O)ccc1F. The summed E-state index contributed by atoms with van der Waals surface area (Å²) in [6.45, 7) is 4.89. The molecule has 27 heavy (non-hydrogen) atoms. The highest BCUT2D eigenvalue weighted by atomic mass is 19.1. The Balaban J connectivity index is 1.74. The van der Waals surface area contributed by atoms with Gasteiger partial charge >= 0.3 is 5.63 Å². The number of methoxy groups -OCH3 is 1. The molecule has 1 aliphatic heterocycles. The van der Waals surface area contributed by atoms with Crippen LogP contribution >= 0.6 is 0 Å². The smallest absolute Gasteiger partial charge is 0.344 e. The Labute approximate surface area is 156 Å². The lowest BCUT2D eigenvalue weighted by Crippen LogP contribution is -2.49. The lowest BCUT2D eigenvalue weighted by atomic mass is 10.0. The molecular formula is C21H21FN2O3. The summed E-state index contributed by atoms with van der Waals surface area (Å²) in [6.07, 6.45) is 0. The fourth-order valence-corrected chi connectivity index (χ4v) is 3.49. The van der Waals surface area contributed by atoms with E-state index in [1.54, 1.807) is 12.1 Å². The van der Waals surface area contributed by atoms with Crippen LogP contribution in [0.1, 0.15) is 6.92 Å². The zero-order chi connectivity index (χ0) is 19.0. The van der Waals surface area contributed by atoms with Crippen LogP contribution in [0.3, 0.4) is 0 Å². The van der Waals surface area contributed by atoms with E-state index in [1.165, 1.54) is 19.2 Å². The van der Waals surface area contributed by atoms with Crippen LogP contribution in [0.15, 0.2) is 51.7 Å². The highest BCUT2D eigenvalue weighted by Crippen LogP contribution is 2.28. The number of halogens is 1. The third-order valence-corrected chi connectivity index (χ3v) is 4.92. The molecule has 2 heterocycles. The fourth-order valence-electron chi connectivity index (χ4n) is 3.49. The van der Waals surface area contributed by atoms with Crippen molar-refractivity contribution in [3.63, 3.8) is 0 Å². The van der Waals surface area contributed by atoms with Crippen LogP contribution < -0.4 is 20.6 Å². The number of anilines is 1. The first-order valence-electron chi connectivity index (χ1n) is 8.95. The molecule has 3 aromatic rings. The Morgan fingerprint density at radius 1 is 1.22 bits per heavy atom. The maximum absolute atomic E-state index is 13.7. The molecule has 0 radical (unpaired) electrons. The lowest BCUT2D eigenvalue weighted by molar-refractivity contribution is 0.387. The number of ether oxygens (including phenoxy) is 1. The molecule has 1 aromatic heterocycles. The number of fused-ring (bicyclic) bond motifs is 1. The molecule has 1 fully saturated rings. The Kier molecular flexibility index (Phi) is 4.58. The second-order valence-electron chi connectivity index (χ2n) is 6.82. The van der Waals surface area contributed by atoms with Gasteiger partial charge in [-0.1, -0.05) is 6.07 Å². The van der Waals surface area contributed by atoms with Crippen molar-refractivity contribution >= 4 is 16.7 Å². The van der Waals surface area contributed by atoms with Gasteiger partial charge in [-0.25, -0.2) is 9.18 Å². The summed E-state index contributed by atoms with van der Waals surface area (Å²) in [5, 5.41) is 4.23. The molecule has 2 aromatic carbocycles. The zero-order valence-electron chi connectivity index (χ0n) is 15.3. The van der Waals surface area contributed by atoms with Crippen molar-refractivity contribution in [2.24, 2.45) is 0 Å². The Bertz CT molecular complexity index is 1050. The van der Waals surface area contributed by atoms with Gasteiger partial charge in [-0.05, 0) is 42.8 Å². The second-order valence-corrected chi connectivity index (χ2v) is 6.82. The van der Waals surface area contributed by atoms with Crippen LogP contribution in [-0.2, 0) is 0 Å². The highest BCUT2D eigenvalue weighted by Gasteiger charge is 2.17. The number of benzene rings is 2. The van der Waals surface area contributed by atoms with E-state index in [-0.39, 0.29) is 5.75 Å². The van der Waals surface area contributed by atoms with Gasteiger partial charge in [0.25, 0.3) is 0 Å². The molecule has 1 atom stereocenters. The molecular weight excluding hydrogens is 347 g/mol. The quantitative estimate of drug-likeness (QED) is 0.718. The van der Waals surface area contributed by atoms with E-state index in [0.29, 0.717) is 22.8 Å². The van der Waals surface area contributed by atoms with E-state index >= 15 is 0 Å². The van der Waals surface area contributed by atoms with E-state index in [9.17, 15) is 9.18 Å². The standard InChI is InChI=1S/C21H21FN2O3/c1-13-12-24(8-7-23-13)16-5-3-15-9-17(21(25)27-19(15)11-16)14-4-6-18(22)20(10-14)26-2/h3-6,9-11,13,23H,7-8,12H2,1-2H3. The van der Waals surface area contributed by atoms with Crippen LogP contribution in [0.2, 0.25) is 0 Å². The maximum atomic E-state index is 13.7. The monoisotopic (exact) mass is 368 g/mol. The van der Waals surface area contributed by atoms with Gasteiger partial charge < -0.3 is 19.4 Å². The third kappa shape index (κ3) is 3.40. The molecule has 1 aliphatic rings. The fraction of sp³-hybridized carbons (Fsp3) is 0.286. The van der Waals surface area contributed by atoms with Crippen LogP contribution in [0.4, 0.5) is 10.1 Å². The number of hydrogen-bond acceptors (Lipinski definition) is 5. The first-order chi connectivity index (χ1) is 13.0. The second kappa shape index (κ2) is 7.04. The average Bonchev–Trinajstić information content (AvgIpc) is 2.67. The summed E-state index contributed by atoms with van der Waals surface area (Å²) >= 11 is 0. The van der Waals surface area contributed by atoms with E-state index < -0.39 is 11.4 Å². The Hall–Kier alpha value is -2.86. The summed E-state index contributed by atoms with van der Waals surface area (Å²) in [7, 11) is 1.39. The van der Waals surface area contributed by atoms with Gasteiger partial charge in [0.2, 0.25) is 0 Å². The molecule has 6 heteroatoms. The van der Waals surface area contributed by atoms with Gasteiger partial charge in [-0.3, -0.25) is 0 Å². The summed E-state index contributed by atoms with van der Waals surface area (Å²) in [5.74, 6) is -0.378. The summed E-state index contributed by atoms with van der Waals surface area (Å²) in [5.41, 5.74) is 2.06. The minimum absolute atomic E-state index is 0.0928. The number of hydrogen-bond donors (Lipinski definition) is 1. The normalized spacial score (nSPS) is 17.3. The molecule has 0 amide bonds. The molecule has 0 bridgehead atoms. The summed E-state index contributed by atoms with van der Waals surface area (Å²) in [6, 6.07) is 12.4. The molecule has 0 aliphatic carbocycles. The lowest BCUT2D eigenvalue weighted by Gasteiger charge is -2.33. The molecule has 1 unspecified atom stereocenters. The van der Waals surface area contributed by atoms with Gasteiger partial charge in [-0.2, -0.15) is 0 Å². The van der Waals surface area contributed by atoms with Crippen molar-refractivity contribution in [3.8, 4) is 16.9 Å². The van der Waals surface area contributed by atoms with E-state index in [2.05, 4.69) is 17.1 Å². The van der Waals surface area contributed by atoms with Gasteiger partial charge in [0, 0.05) is 42.8 Å². The van der Waals surface area contributed by atoms with Crippen molar-refractivity contribution in [1.29, 1.82) is 0 Å². The van der Waals surface area contributed by atoms with Crippen molar-refractivity contribution in [3.05, 3.63) is 58.7 Å². The van der Waals surface area contributed by atoms with Gasteiger partial charge in [0.05, 0.1) is 12.7 Å². The van der Waals surface area contributed by atoms with E-state index in [4.69, 9.17) is 9.15 Å². The molecule has 1 saturated heterocycles. The summed E-state index contributed by atoms with van der Waals surface area (Å²) < 4.78 is 24.2. The van der Waals surface area contributed by atoms with Crippen LogP contribution in [0.5, 0.6) is 5.75 Å². The Morgan fingerprint density at radius 3 is 2.85 bits per heavy atom. The highest BCUT2D eigenvalue weighted by molar-refractivity contribution is 5.84. The van der Waals surface area contributed by atoms with Crippen molar-refractivity contribution < 1.29 is 13.5 Å². The maximum Gasteiger partial charge on any atom is 0.344 e. The number of piperazine rings is 1. The topological polar surface area (TPSA) is 54.7 Å². The van der Waals surface area contributed by atoms with Gasteiger partial charge in [-0.15, -0.1) is 0 Å². The largest absolute Gasteiger partial charge is 0.494 e. The minimum Gasteiger partial charge on any atom is -0.494 e. The number of rotatable bonds is 3. The molecule has 1 N–H and O–H groups in total. The van der Waals surface area contributed by atoms with Crippen LogP contribution in [-0.4, -0.2) is 32.8 Å². The van der Waals surface area contributed by atoms with Gasteiger partial charge in [0.15, 0.2) is 11.6 Å². The zero-order valence-corrected chi connectivity index (χ0v) is 15.3. The van der Waals surface area contributed by atoms with Crippen LogP contribution in [0.25, 0.3) is 22.1 Å². The van der Waals surface area contributed by atoms with E-state index in [1.807, 2.05) is 18.2 Å². The Morgan fingerprint density at radius 2 is 2.07 bits per heavy atom. The minimum atomic E-state index is -0.471. The molecule has 0 saturated carbocycles. The molecule has 140 valence electrons. The first kappa shape index (κ1) is 17.5. The van der Waals surface area contributed by atoms with Crippen molar-refractivity contribution in [1.82, 2.24) is 5.32 Å². The van der Waals surface area contributed by atoms with E-state index in [0.717, 1.165) is 30.7 Å². The first-order valence-corrected chi connectivity index (χ1v) is 8.95. The number of nitrogens with one attached hydrogen (secondary N) is 1. The van der Waals surface area contributed by atoms with Crippen LogP contribution in [0, 0.1) is 5.82 Å². The predicted octanol–water partition coefficient (Wildman–Crippen LogP) is 3.41. The summed E-state index contributed by atoms with van der Waals surface area (Å²) in [4.78, 5) is 14.8.